The highest BCUT2D eigenvalue weighted by molar-refractivity contribution is 5.84. The van der Waals surface area contributed by atoms with Gasteiger partial charge in [-0.3, -0.25) is 9.97 Å². The minimum atomic E-state index is -1.05. The molecule has 2 aliphatic rings. The van der Waals surface area contributed by atoms with Crippen LogP contribution < -0.4 is 10.1 Å². The molecule has 0 unspecified atom stereocenters. The van der Waals surface area contributed by atoms with E-state index >= 15 is 0 Å². The largest absolute Gasteiger partial charge is 0.507 e. The third kappa shape index (κ3) is 3.13. The Kier molecular flexibility index (Phi) is 4.27. The summed E-state index contributed by atoms with van der Waals surface area (Å²) in [7, 11) is 0. The SMILES string of the molecule is Oc1cc2nccnc2cc1-c1ccc(O[C@@H]2C[C@H]3CCC[C@H](N3)[C@@H]2F)nn1. The summed E-state index contributed by atoms with van der Waals surface area (Å²) in [5, 5.41) is 21.9. The number of alkyl halides is 1. The lowest BCUT2D eigenvalue weighted by Crippen LogP contribution is -2.59. The highest BCUT2D eigenvalue weighted by atomic mass is 19.1. The molecular weight excluding hydrogens is 361 g/mol. The number of phenolic OH excluding ortho intramolecular Hbond substituents is 1. The van der Waals surface area contributed by atoms with Crippen LogP contribution in [0.3, 0.4) is 0 Å². The zero-order chi connectivity index (χ0) is 19.1. The van der Waals surface area contributed by atoms with E-state index < -0.39 is 12.3 Å². The van der Waals surface area contributed by atoms with Gasteiger partial charge in [-0.2, -0.15) is 0 Å². The van der Waals surface area contributed by atoms with Crippen molar-refractivity contribution in [1.82, 2.24) is 25.5 Å². The van der Waals surface area contributed by atoms with Crippen LogP contribution in [0.1, 0.15) is 25.7 Å². The van der Waals surface area contributed by atoms with Crippen molar-refractivity contribution in [2.45, 2.75) is 50.0 Å². The van der Waals surface area contributed by atoms with Gasteiger partial charge >= 0.3 is 0 Å². The standard InChI is InChI=1S/C20H20FN5O2/c21-20-14-3-1-2-11(24-14)8-18(20)28-19-5-4-13(25-26-19)12-9-15-16(10-17(12)27)23-7-6-22-15/h4-7,9-11,14,18,20,24,27H,1-3,8H2/t11-,14+,18-,20+/m1/s1. The van der Waals surface area contributed by atoms with Gasteiger partial charge in [-0.1, -0.05) is 6.42 Å². The van der Waals surface area contributed by atoms with Crippen molar-refractivity contribution >= 4 is 11.0 Å². The number of ether oxygens (including phenoxy) is 1. The number of hydrogen-bond acceptors (Lipinski definition) is 7. The van der Waals surface area contributed by atoms with Gasteiger partial charge < -0.3 is 15.2 Å². The second-order valence-electron chi connectivity index (χ2n) is 7.41. The number of aromatic hydroxyl groups is 1. The van der Waals surface area contributed by atoms with E-state index in [2.05, 4.69) is 25.5 Å². The molecule has 0 amide bonds. The van der Waals surface area contributed by atoms with E-state index in [1.807, 2.05) is 0 Å². The van der Waals surface area contributed by atoms with Crippen LogP contribution >= 0.6 is 0 Å². The predicted octanol–water partition coefficient (Wildman–Crippen LogP) is 2.79. The monoisotopic (exact) mass is 381 g/mol. The molecular formula is C20H20FN5O2. The quantitative estimate of drug-likeness (QED) is 0.721. The molecule has 0 radical (unpaired) electrons. The zero-order valence-electron chi connectivity index (χ0n) is 15.1. The average molecular weight is 381 g/mol. The Balaban J connectivity index is 1.37. The Hall–Kier alpha value is -2.87. The number of rotatable bonds is 3. The fourth-order valence-corrected chi connectivity index (χ4v) is 4.16. The number of nitrogens with one attached hydrogen (secondary N) is 1. The minimum absolute atomic E-state index is 0.0472. The highest BCUT2D eigenvalue weighted by Gasteiger charge is 2.41. The van der Waals surface area contributed by atoms with E-state index in [9.17, 15) is 9.50 Å². The van der Waals surface area contributed by atoms with Gasteiger partial charge in [0.15, 0.2) is 6.17 Å². The first-order valence-corrected chi connectivity index (χ1v) is 9.52. The maximum Gasteiger partial charge on any atom is 0.233 e. The molecule has 3 aromatic rings. The van der Waals surface area contributed by atoms with E-state index in [0.29, 0.717) is 34.8 Å². The maximum atomic E-state index is 14.7. The first-order chi connectivity index (χ1) is 13.7. The molecule has 2 bridgehead atoms. The predicted molar refractivity (Wildman–Crippen MR) is 101 cm³/mol. The zero-order valence-corrected chi connectivity index (χ0v) is 15.1. The number of halogens is 1. The summed E-state index contributed by atoms with van der Waals surface area (Å²) in [5.41, 5.74) is 2.24. The molecule has 8 heteroatoms. The van der Waals surface area contributed by atoms with E-state index in [1.54, 1.807) is 36.7 Å². The van der Waals surface area contributed by atoms with E-state index in [0.717, 1.165) is 19.3 Å². The summed E-state index contributed by atoms with van der Waals surface area (Å²) >= 11 is 0. The summed E-state index contributed by atoms with van der Waals surface area (Å²) in [6.07, 6.45) is 5.18. The molecule has 2 fully saturated rings. The van der Waals surface area contributed by atoms with Gasteiger partial charge in [0.1, 0.15) is 11.9 Å². The molecule has 144 valence electrons. The fourth-order valence-electron chi connectivity index (χ4n) is 4.16. The topological polar surface area (TPSA) is 93.1 Å². The molecule has 5 rings (SSSR count). The van der Waals surface area contributed by atoms with Crippen LogP contribution in [0.2, 0.25) is 0 Å². The fraction of sp³-hybridized carbons (Fsp3) is 0.400. The molecule has 2 aromatic heterocycles. The van der Waals surface area contributed by atoms with E-state index in [4.69, 9.17) is 4.74 Å². The Morgan fingerprint density at radius 3 is 2.68 bits per heavy atom. The number of benzene rings is 1. The molecule has 4 atom stereocenters. The molecule has 0 aliphatic carbocycles. The van der Waals surface area contributed by atoms with Gasteiger partial charge in [-0.05, 0) is 25.0 Å². The normalized spacial score (nSPS) is 26.9. The van der Waals surface area contributed by atoms with Gasteiger partial charge in [-0.25, -0.2) is 4.39 Å². The van der Waals surface area contributed by atoms with Gasteiger partial charge in [0, 0.05) is 48.6 Å². The maximum absolute atomic E-state index is 14.7. The van der Waals surface area contributed by atoms with Crippen molar-refractivity contribution in [1.29, 1.82) is 0 Å². The van der Waals surface area contributed by atoms with Crippen molar-refractivity contribution in [3.63, 3.8) is 0 Å². The van der Waals surface area contributed by atoms with Gasteiger partial charge in [0.2, 0.25) is 5.88 Å². The van der Waals surface area contributed by atoms with Gasteiger partial charge in [-0.15, -0.1) is 10.2 Å². The third-order valence-electron chi connectivity index (χ3n) is 5.55. The van der Waals surface area contributed by atoms with Crippen molar-refractivity contribution < 1.29 is 14.2 Å². The van der Waals surface area contributed by atoms with E-state index in [-0.39, 0.29) is 17.7 Å². The lowest BCUT2D eigenvalue weighted by atomic mass is 9.84. The lowest BCUT2D eigenvalue weighted by Gasteiger charge is -2.42. The summed E-state index contributed by atoms with van der Waals surface area (Å²) in [6.45, 7) is 0. The molecule has 28 heavy (non-hydrogen) atoms. The van der Waals surface area contributed by atoms with Crippen LogP contribution in [0.25, 0.3) is 22.3 Å². The Labute approximate surface area is 161 Å². The first-order valence-electron chi connectivity index (χ1n) is 9.52. The number of fused-ring (bicyclic) bond motifs is 3. The molecule has 1 aromatic carbocycles. The van der Waals surface area contributed by atoms with Gasteiger partial charge in [0.05, 0.1) is 16.7 Å². The number of phenols is 1. The van der Waals surface area contributed by atoms with Crippen LogP contribution in [0.5, 0.6) is 11.6 Å². The van der Waals surface area contributed by atoms with Crippen LogP contribution in [0, 0.1) is 0 Å². The third-order valence-corrected chi connectivity index (χ3v) is 5.55. The summed E-state index contributed by atoms with van der Waals surface area (Å²) < 4.78 is 20.5. The van der Waals surface area contributed by atoms with Crippen LogP contribution in [-0.2, 0) is 0 Å². The highest BCUT2D eigenvalue weighted by Crippen LogP contribution is 2.32. The Morgan fingerprint density at radius 2 is 1.89 bits per heavy atom. The number of aromatic nitrogens is 4. The lowest BCUT2D eigenvalue weighted by molar-refractivity contribution is 0.00652. The number of piperidine rings is 2. The number of nitrogens with zero attached hydrogens (tertiary/aromatic N) is 4. The molecule has 0 spiro atoms. The average Bonchev–Trinajstić information content (AvgIpc) is 2.72. The first kappa shape index (κ1) is 17.2. The second-order valence-corrected chi connectivity index (χ2v) is 7.41. The van der Waals surface area contributed by atoms with E-state index in [1.165, 1.54) is 0 Å². The molecule has 4 heterocycles. The number of hydrogen-bond donors (Lipinski definition) is 2. The van der Waals surface area contributed by atoms with Crippen molar-refractivity contribution in [2.75, 3.05) is 0 Å². The summed E-state index contributed by atoms with van der Waals surface area (Å²) in [6, 6.07) is 6.79. The molecule has 2 saturated heterocycles. The van der Waals surface area contributed by atoms with Crippen LogP contribution in [-0.4, -0.2) is 49.6 Å². The van der Waals surface area contributed by atoms with Gasteiger partial charge in [0.25, 0.3) is 0 Å². The summed E-state index contributed by atoms with van der Waals surface area (Å²) in [4.78, 5) is 8.41. The smallest absolute Gasteiger partial charge is 0.233 e. The minimum Gasteiger partial charge on any atom is -0.507 e. The molecule has 2 aliphatic heterocycles. The van der Waals surface area contributed by atoms with Crippen molar-refractivity contribution in [3.05, 3.63) is 36.7 Å². The van der Waals surface area contributed by atoms with Crippen LogP contribution in [0.15, 0.2) is 36.7 Å². The van der Waals surface area contributed by atoms with Crippen molar-refractivity contribution in [2.24, 2.45) is 0 Å². The van der Waals surface area contributed by atoms with Crippen LogP contribution in [0.4, 0.5) is 4.39 Å². The molecule has 2 N–H and O–H groups in total. The molecule has 7 nitrogen and oxygen atoms in total. The van der Waals surface area contributed by atoms with Crippen molar-refractivity contribution in [3.8, 4) is 22.9 Å². The Bertz CT molecular complexity index is 1000. The Morgan fingerprint density at radius 1 is 1.07 bits per heavy atom. The summed E-state index contributed by atoms with van der Waals surface area (Å²) in [5.74, 6) is 0.336. The molecule has 0 saturated carbocycles. The second kappa shape index (κ2) is 6.94.